The molecule has 0 aromatic heterocycles. The number of benzene rings is 2. The van der Waals surface area contributed by atoms with Gasteiger partial charge >= 0.3 is 6.03 Å². The minimum atomic E-state index is -0.690. The zero-order valence-corrected chi connectivity index (χ0v) is 18.0. The van der Waals surface area contributed by atoms with Crippen LogP contribution >= 0.6 is 0 Å². The van der Waals surface area contributed by atoms with Gasteiger partial charge < -0.3 is 20.1 Å². The van der Waals surface area contributed by atoms with Crippen LogP contribution in [0.15, 0.2) is 35.3 Å². The second kappa shape index (κ2) is 7.57. The predicted molar refractivity (Wildman–Crippen MR) is 121 cm³/mol. The first-order valence-electron chi connectivity index (χ1n) is 10.9. The van der Waals surface area contributed by atoms with E-state index in [1.807, 2.05) is 13.0 Å². The summed E-state index contributed by atoms with van der Waals surface area (Å²) < 4.78 is 5.60. The molecule has 1 fully saturated rings. The Morgan fingerprint density at radius 2 is 2.00 bits per heavy atom. The number of anilines is 1. The lowest BCUT2D eigenvalue weighted by Crippen LogP contribution is -2.50. The fourth-order valence-electron chi connectivity index (χ4n) is 4.73. The quantitative estimate of drug-likeness (QED) is 0.694. The Labute approximate surface area is 182 Å². The summed E-state index contributed by atoms with van der Waals surface area (Å²) in [5.41, 5.74) is 5.91. The molecule has 31 heavy (non-hydrogen) atoms. The van der Waals surface area contributed by atoms with Crippen LogP contribution < -0.4 is 15.4 Å². The molecule has 7 heteroatoms. The number of piperidine rings is 1. The van der Waals surface area contributed by atoms with Crippen molar-refractivity contribution in [2.45, 2.75) is 38.2 Å². The van der Waals surface area contributed by atoms with E-state index in [1.54, 1.807) is 12.0 Å². The number of rotatable bonds is 2. The molecule has 0 saturated carbocycles. The minimum Gasteiger partial charge on any atom is -0.496 e. The third-order valence-corrected chi connectivity index (χ3v) is 6.59. The van der Waals surface area contributed by atoms with Crippen molar-refractivity contribution in [1.82, 2.24) is 10.2 Å². The monoisotopic (exact) mass is 420 g/mol. The van der Waals surface area contributed by atoms with Gasteiger partial charge in [-0.25, -0.2) is 9.79 Å². The van der Waals surface area contributed by atoms with E-state index >= 15 is 0 Å². The molecule has 0 spiro atoms. The lowest BCUT2D eigenvalue weighted by Gasteiger charge is -2.35. The van der Waals surface area contributed by atoms with Crippen molar-refractivity contribution < 1.29 is 14.6 Å². The van der Waals surface area contributed by atoms with E-state index in [0.717, 1.165) is 35.5 Å². The second-order valence-electron chi connectivity index (χ2n) is 8.80. The number of nitrogens with zero attached hydrogens (tertiary/aromatic N) is 2. The topological polar surface area (TPSA) is 86.2 Å². The maximum atomic E-state index is 12.8. The number of amidine groups is 1. The summed E-state index contributed by atoms with van der Waals surface area (Å²) in [6.07, 6.45) is 2.67. The Morgan fingerprint density at radius 3 is 2.77 bits per heavy atom. The standard InChI is InChI=1S/C24H28N4O3/c1-24(30)9-12-28(13-10-24)23(29)27-21-14-18-20(31-2)7-6-17(22(18)26-21)15-4-3-5-19-16(15)8-11-25-19/h3-7,25,30H,8-14H2,1-2H3,(H,26,27,29). The first kappa shape index (κ1) is 19.9. The van der Waals surface area contributed by atoms with Crippen molar-refractivity contribution in [3.63, 3.8) is 0 Å². The molecule has 2 amide bonds. The Bertz CT molecular complexity index is 1070. The van der Waals surface area contributed by atoms with Crippen LogP contribution in [0.5, 0.6) is 5.75 Å². The average Bonchev–Trinajstić information content (AvgIpc) is 3.39. The Kier molecular flexibility index (Phi) is 4.85. The van der Waals surface area contributed by atoms with Gasteiger partial charge in [0.1, 0.15) is 11.6 Å². The van der Waals surface area contributed by atoms with E-state index in [1.165, 1.54) is 16.8 Å². The molecule has 5 rings (SSSR count). The molecule has 2 aromatic carbocycles. The number of urea groups is 1. The summed E-state index contributed by atoms with van der Waals surface area (Å²) in [5, 5.41) is 16.6. The Balaban J connectivity index is 1.43. The van der Waals surface area contributed by atoms with Gasteiger partial charge in [-0.1, -0.05) is 12.1 Å². The summed E-state index contributed by atoms with van der Waals surface area (Å²) in [6, 6.07) is 10.2. The van der Waals surface area contributed by atoms with Crippen LogP contribution in [0.2, 0.25) is 0 Å². The lowest BCUT2D eigenvalue weighted by molar-refractivity contribution is 0.00483. The highest BCUT2D eigenvalue weighted by atomic mass is 16.5. The van der Waals surface area contributed by atoms with Gasteiger partial charge in [0.25, 0.3) is 0 Å². The normalized spacial score (nSPS) is 18.7. The number of hydrogen-bond donors (Lipinski definition) is 3. The molecule has 3 aliphatic rings. The molecule has 3 heterocycles. The number of likely N-dealkylation sites (tertiary alicyclic amines) is 1. The van der Waals surface area contributed by atoms with Crippen LogP contribution in [0.25, 0.3) is 11.1 Å². The molecule has 162 valence electrons. The van der Waals surface area contributed by atoms with Crippen molar-refractivity contribution in [3.8, 4) is 16.9 Å². The van der Waals surface area contributed by atoms with Crippen LogP contribution in [0.1, 0.15) is 30.9 Å². The maximum absolute atomic E-state index is 12.8. The molecule has 3 N–H and O–H groups in total. The summed E-state index contributed by atoms with van der Waals surface area (Å²) in [7, 11) is 1.66. The van der Waals surface area contributed by atoms with Crippen LogP contribution in [-0.4, -0.2) is 54.2 Å². The molecule has 0 unspecified atom stereocenters. The van der Waals surface area contributed by atoms with E-state index in [-0.39, 0.29) is 6.03 Å². The third kappa shape index (κ3) is 3.63. The summed E-state index contributed by atoms with van der Waals surface area (Å²) in [6.45, 7) is 3.84. The van der Waals surface area contributed by atoms with E-state index in [0.29, 0.717) is 38.2 Å². The molecule has 0 atom stereocenters. The van der Waals surface area contributed by atoms with Gasteiger partial charge in [0.2, 0.25) is 0 Å². The first-order valence-corrected chi connectivity index (χ1v) is 10.9. The van der Waals surface area contributed by atoms with Crippen molar-refractivity contribution in [2.24, 2.45) is 4.99 Å². The van der Waals surface area contributed by atoms with Gasteiger partial charge in [-0.05, 0) is 55.5 Å². The molecular weight excluding hydrogens is 392 g/mol. The largest absolute Gasteiger partial charge is 0.496 e. The number of carbonyl (C=O) groups is 1. The summed E-state index contributed by atoms with van der Waals surface area (Å²) in [5.74, 6) is 1.42. The number of aliphatic imine (C=N–C) groups is 1. The van der Waals surface area contributed by atoms with E-state index < -0.39 is 5.60 Å². The lowest BCUT2D eigenvalue weighted by atomic mass is 9.94. The number of amides is 2. The van der Waals surface area contributed by atoms with Crippen LogP contribution in [0.3, 0.4) is 0 Å². The van der Waals surface area contributed by atoms with Crippen LogP contribution in [-0.2, 0) is 12.8 Å². The molecule has 0 bridgehead atoms. The highest BCUT2D eigenvalue weighted by Crippen LogP contribution is 2.44. The Morgan fingerprint density at radius 1 is 1.19 bits per heavy atom. The molecular formula is C24H28N4O3. The van der Waals surface area contributed by atoms with Crippen molar-refractivity contribution in [1.29, 1.82) is 0 Å². The van der Waals surface area contributed by atoms with Gasteiger partial charge in [0.15, 0.2) is 0 Å². The number of aliphatic hydroxyl groups is 1. The predicted octanol–water partition coefficient (Wildman–Crippen LogP) is 3.47. The fraction of sp³-hybridized carbons (Fsp3) is 0.417. The number of ether oxygens (including phenoxy) is 1. The number of hydrogen-bond acceptors (Lipinski definition) is 5. The van der Waals surface area contributed by atoms with Crippen molar-refractivity contribution in [3.05, 3.63) is 41.5 Å². The maximum Gasteiger partial charge on any atom is 0.322 e. The number of carbonyl (C=O) groups excluding carboxylic acids is 1. The molecule has 0 aliphatic carbocycles. The minimum absolute atomic E-state index is 0.160. The van der Waals surface area contributed by atoms with Gasteiger partial charge in [-0.15, -0.1) is 0 Å². The number of methoxy groups -OCH3 is 1. The van der Waals surface area contributed by atoms with Gasteiger partial charge in [-0.3, -0.25) is 5.32 Å². The number of fused-ring (bicyclic) bond motifs is 2. The SMILES string of the molecule is COc1ccc(-c2cccc3c2CCN3)c2c1CC(NC(=O)N1CCC(C)(O)CC1)=N2. The molecule has 3 aliphatic heterocycles. The molecule has 0 radical (unpaired) electrons. The smallest absolute Gasteiger partial charge is 0.322 e. The van der Waals surface area contributed by atoms with Crippen molar-refractivity contribution in [2.75, 3.05) is 32.1 Å². The van der Waals surface area contributed by atoms with E-state index in [2.05, 4.69) is 34.9 Å². The molecule has 2 aromatic rings. The first-order chi connectivity index (χ1) is 14.9. The van der Waals surface area contributed by atoms with Gasteiger partial charge in [0, 0.05) is 42.9 Å². The highest BCUT2D eigenvalue weighted by molar-refractivity contribution is 6.05. The highest BCUT2D eigenvalue weighted by Gasteiger charge is 2.31. The van der Waals surface area contributed by atoms with E-state index in [4.69, 9.17) is 9.73 Å². The van der Waals surface area contributed by atoms with Gasteiger partial charge in [0.05, 0.1) is 18.4 Å². The summed E-state index contributed by atoms with van der Waals surface area (Å²) >= 11 is 0. The third-order valence-electron chi connectivity index (χ3n) is 6.59. The zero-order chi connectivity index (χ0) is 21.6. The second-order valence-corrected chi connectivity index (χ2v) is 8.80. The molecule has 1 saturated heterocycles. The van der Waals surface area contributed by atoms with E-state index in [9.17, 15) is 9.90 Å². The molecule has 7 nitrogen and oxygen atoms in total. The van der Waals surface area contributed by atoms with Crippen molar-refractivity contribution >= 4 is 23.2 Å². The van der Waals surface area contributed by atoms with Crippen LogP contribution in [0.4, 0.5) is 16.2 Å². The van der Waals surface area contributed by atoms with Gasteiger partial charge in [-0.2, -0.15) is 0 Å². The fourth-order valence-corrected chi connectivity index (χ4v) is 4.73. The summed E-state index contributed by atoms with van der Waals surface area (Å²) in [4.78, 5) is 19.4. The Hall–Kier alpha value is -3.06. The zero-order valence-electron chi connectivity index (χ0n) is 18.0. The van der Waals surface area contributed by atoms with Crippen LogP contribution in [0, 0.1) is 0 Å². The average molecular weight is 421 g/mol. The number of nitrogens with one attached hydrogen (secondary N) is 2.